The first-order valence-electron chi connectivity index (χ1n) is 7.07. The summed E-state index contributed by atoms with van der Waals surface area (Å²) in [5, 5.41) is 1.64. The second kappa shape index (κ2) is 4.22. The molecule has 2 rings (SSSR count). The van der Waals surface area contributed by atoms with Gasteiger partial charge in [0, 0.05) is 10.9 Å². The summed E-state index contributed by atoms with van der Waals surface area (Å²) in [6.07, 6.45) is 0. The quantitative estimate of drug-likeness (QED) is 0.606. The van der Waals surface area contributed by atoms with Crippen molar-refractivity contribution in [1.29, 1.82) is 0 Å². The van der Waals surface area contributed by atoms with Gasteiger partial charge in [0.15, 0.2) is 0 Å². The van der Waals surface area contributed by atoms with Gasteiger partial charge in [0.2, 0.25) is 0 Å². The van der Waals surface area contributed by atoms with Gasteiger partial charge in [0.05, 0.1) is 0 Å². The molecule has 0 radical (unpaired) electrons. The van der Waals surface area contributed by atoms with Crippen LogP contribution in [0.4, 0.5) is 0 Å². The van der Waals surface area contributed by atoms with Crippen molar-refractivity contribution in [3.05, 3.63) is 23.8 Å². The molecule has 106 valence electrons. The molecule has 0 aliphatic carbocycles. The number of hydrogen-bond donors (Lipinski definition) is 0. The molecule has 1 aliphatic rings. The van der Waals surface area contributed by atoms with Gasteiger partial charge in [0.25, 0.3) is 0 Å². The highest BCUT2D eigenvalue weighted by Crippen LogP contribution is 2.64. The minimum Gasteiger partial charge on any atom is -0.482 e. The molecule has 0 saturated carbocycles. The third kappa shape index (κ3) is 2.55. The van der Waals surface area contributed by atoms with Gasteiger partial charge in [-0.15, -0.1) is 0 Å². The molecule has 1 aliphatic heterocycles. The Bertz CT molecular complexity index is 489. The number of hydrogen-bond acceptors (Lipinski definition) is 1. The zero-order chi connectivity index (χ0) is 14.6. The molecule has 1 nitrogen and oxygen atoms in total. The van der Waals surface area contributed by atoms with Crippen LogP contribution < -0.4 is 10.0 Å². The molecule has 1 atom stereocenters. The van der Waals surface area contributed by atoms with Crippen molar-refractivity contribution in [2.45, 2.75) is 71.3 Å². The molecule has 1 unspecified atom stereocenters. The van der Waals surface area contributed by atoms with E-state index in [0.29, 0.717) is 0 Å². The van der Waals surface area contributed by atoms with E-state index in [9.17, 15) is 0 Å². The molecule has 0 amide bonds. The molecule has 1 aromatic carbocycles. The maximum atomic E-state index is 6.42. The van der Waals surface area contributed by atoms with E-state index in [4.69, 9.17) is 4.74 Å². The van der Waals surface area contributed by atoms with Gasteiger partial charge in [-0.2, -0.15) is 0 Å². The third-order valence-electron chi connectivity index (χ3n) is 3.60. The summed E-state index contributed by atoms with van der Waals surface area (Å²) in [7, 11) is -0.331. The highest BCUT2D eigenvalue weighted by atomic mass is 31.1. The minimum atomic E-state index is -0.331. The van der Waals surface area contributed by atoms with Crippen LogP contribution in [0.5, 0.6) is 5.75 Å². The molecule has 1 aromatic rings. The molecule has 0 bridgehead atoms. The summed E-state index contributed by atoms with van der Waals surface area (Å²) in [6.45, 7) is 18.3. The monoisotopic (exact) mass is 278 g/mol. The zero-order valence-corrected chi connectivity index (χ0v) is 14.5. The fourth-order valence-corrected chi connectivity index (χ4v) is 6.86. The average molecular weight is 278 g/mol. The van der Waals surface area contributed by atoms with Crippen LogP contribution in [0.3, 0.4) is 0 Å². The lowest BCUT2D eigenvalue weighted by Gasteiger charge is -2.36. The Morgan fingerprint density at radius 2 is 1.58 bits per heavy atom. The lowest BCUT2D eigenvalue weighted by molar-refractivity contribution is 0.206. The molecule has 0 fully saturated rings. The zero-order valence-electron chi connectivity index (χ0n) is 13.6. The Balaban J connectivity index is 2.64. The fraction of sp³-hybridized carbons (Fsp3) is 0.647. The minimum absolute atomic E-state index is 0.0722. The van der Waals surface area contributed by atoms with E-state index < -0.39 is 0 Å². The van der Waals surface area contributed by atoms with Gasteiger partial charge in [-0.3, -0.25) is 0 Å². The molecule has 0 N–H and O–H groups in total. The smallest absolute Gasteiger partial charge is 0.132 e. The molecule has 19 heavy (non-hydrogen) atoms. The van der Waals surface area contributed by atoms with Crippen LogP contribution in [0, 0.1) is 0 Å². The largest absolute Gasteiger partial charge is 0.482 e. The van der Waals surface area contributed by atoms with Crippen LogP contribution in [0.15, 0.2) is 18.2 Å². The highest BCUT2D eigenvalue weighted by Gasteiger charge is 2.48. The second-order valence-electron chi connectivity index (χ2n) is 7.96. The van der Waals surface area contributed by atoms with E-state index in [1.54, 1.807) is 0 Å². The summed E-state index contributed by atoms with van der Waals surface area (Å²) < 4.78 is 6.42. The van der Waals surface area contributed by atoms with Crippen LogP contribution in [-0.2, 0) is 5.41 Å². The van der Waals surface area contributed by atoms with Gasteiger partial charge < -0.3 is 4.74 Å². The van der Waals surface area contributed by atoms with Gasteiger partial charge in [-0.1, -0.05) is 59.7 Å². The fourth-order valence-electron chi connectivity index (χ4n) is 3.15. The van der Waals surface area contributed by atoms with E-state index in [1.165, 1.54) is 10.9 Å². The van der Waals surface area contributed by atoms with Gasteiger partial charge in [0.1, 0.15) is 11.1 Å². The molecule has 2 heteroatoms. The van der Waals surface area contributed by atoms with Crippen molar-refractivity contribution in [2.75, 3.05) is 0 Å². The molecule has 0 spiro atoms. The Morgan fingerprint density at radius 3 is 2.05 bits per heavy atom. The Kier molecular flexibility index (Phi) is 3.30. The standard InChI is InChI=1S/C17H27OP/c1-15(2,3)12-10-9-11-13-14(12)18-17(7,8)19(13)16(4,5)6/h9-11H,1-8H3. The number of para-hydroxylation sites is 1. The normalized spacial score (nSPS) is 22.0. The van der Waals surface area contributed by atoms with Gasteiger partial charge in [-0.05, 0) is 32.3 Å². The molecule has 1 heterocycles. The van der Waals surface area contributed by atoms with E-state index in [0.717, 1.165) is 5.75 Å². The number of rotatable bonds is 0. The van der Waals surface area contributed by atoms with Crippen LogP contribution in [0.2, 0.25) is 0 Å². The topological polar surface area (TPSA) is 9.23 Å². The van der Waals surface area contributed by atoms with E-state index in [2.05, 4.69) is 73.6 Å². The predicted molar refractivity (Wildman–Crippen MR) is 86.2 cm³/mol. The molecule has 0 saturated heterocycles. The first-order chi connectivity index (χ1) is 8.44. The maximum Gasteiger partial charge on any atom is 0.132 e. The number of ether oxygens (including phenoxy) is 1. The Labute approximate surface area is 119 Å². The summed E-state index contributed by atoms with van der Waals surface area (Å²) in [4.78, 5) is 0. The van der Waals surface area contributed by atoms with E-state index in [1.807, 2.05) is 0 Å². The van der Waals surface area contributed by atoms with Crippen LogP contribution >= 0.6 is 7.92 Å². The van der Waals surface area contributed by atoms with Crippen molar-refractivity contribution in [3.8, 4) is 5.75 Å². The molecular weight excluding hydrogens is 251 g/mol. The molecule has 0 aromatic heterocycles. The van der Waals surface area contributed by atoms with Crippen molar-refractivity contribution < 1.29 is 4.74 Å². The average Bonchev–Trinajstić information content (AvgIpc) is 2.43. The lowest BCUT2D eigenvalue weighted by Crippen LogP contribution is -2.31. The SMILES string of the molecule is CC(C)(C)c1cccc2c1OC(C)(C)P2C(C)(C)C. The van der Waals surface area contributed by atoms with Gasteiger partial charge >= 0.3 is 0 Å². The van der Waals surface area contributed by atoms with E-state index >= 15 is 0 Å². The van der Waals surface area contributed by atoms with Crippen LogP contribution in [-0.4, -0.2) is 10.5 Å². The Hall–Kier alpha value is -0.550. The van der Waals surface area contributed by atoms with Crippen LogP contribution in [0.25, 0.3) is 0 Å². The first kappa shape index (κ1) is 14.9. The summed E-state index contributed by atoms with van der Waals surface area (Å²) in [5.41, 5.74) is 1.47. The van der Waals surface area contributed by atoms with E-state index in [-0.39, 0.29) is 23.8 Å². The van der Waals surface area contributed by atoms with Crippen LogP contribution in [0.1, 0.15) is 61.0 Å². The summed E-state index contributed by atoms with van der Waals surface area (Å²) in [6, 6.07) is 6.69. The number of fused-ring (bicyclic) bond motifs is 1. The summed E-state index contributed by atoms with van der Waals surface area (Å²) in [5.74, 6) is 1.15. The maximum absolute atomic E-state index is 6.42. The van der Waals surface area contributed by atoms with Gasteiger partial charge in [-0.25, -0.2) is 0 Å². The predicted octanol–water partition coefficient (Wildman–Crippen LogP) is 5.02. The number of benzene rings is 1. The highest BCUT2D eigenvalue weighted by molar-refractivity contribution is 7.69. The first-order valence-corrected chi connectivity index (χ1v) is 8.41. The van der Waals surface area contributed by atoms with Crippen molar-refractivity contribution >= 4 is 13.2 Å². The lowest BCUT2D eigenvalue weighted by atomic mass is 9.86. The third-order valence-corrected chi connectivity index (χ3v) is 6.95. The second-order valence-corrected chi connectivity index (χ2v) is 11.5. The van der Waals surface area contributed by atoms with Crippen molar-refractivity contribution in [2.24, 2.45) is 0 Å². The molecular formula is C17H27OP. The summed E-state index contributed by atoms with van der Waals surface area (Å²) >= 11 is 0. The van der Waals surface area contributed by atoms with Crippen molar-refractivity contribution in [3.63, 3.8) is 0 Å². The Morgan fingerprint density at radius 1 is 1.00 bits per heavy atom. The van der Waals surface area contributed by atoms with Crippen molar-refractivity contribution in [1.82, 2.24) is 0 Å².